The topological polar surface area (TPSA) is 53.4 Å². The van der Waals surface area contributed by atoms with Gasteiger partial charge in [-0.25, -0.2) is 9.37 Å². The minimum atomic E-state index is -0.546. The molecule has 0 aliphatic carbocycles. The zero-order chi connectivity index (χ0) is 21.3. The van der Waals surface area contributed by atoms with E-state index in [9.17, 15) is 9.18 Å². The Kier molecular flexibility index (Phi) is 5.61. The Hall–Kier alpha value is -3.09. The molecule has 1 heterocycles. The zero-order valence-electron chi connectivity index (χ0n) is 15.7. The second-order valence-corrected chi connectivity index (χ2v) is 7.26. The van der Waals surface area contributed by atoms with Crippen molar-refractivity contribution in [3.05, 3.63) is 82.9 Å². The minimum absolute atomic E-state index is 0.0371. The maximum absolute atomic E-state index is 13.6. The fraction of sp³-hybridized carbons (Fsp3) is 0.0909. The van der Waals surface area contributed by atoms with E-state index in [1.54, 1.807) is 36.4 Å². The van der Waals surface area contributed by atoms with Crippen molar-refractivity contribution >= 4 is 39.5 Å². The molecular formula is C22H15Cl2FN2O3. The summed E-state index contributed by atoms with van der Waals surface area (Å²) in [5.41, 5.74) is 1.94. The molecule has 0 N–H and O–H groups in total. The number of benzene rings is 3. The van der Waals surface area contributed by atoms with Crippen molar-refractivity contribution in [3.8, 4) is 17.2 Å². The number of aromatic nitrogens is 2. The number of imidazole rings is 1. The summed E-state index contributed by atoms with van der Waals surface area (Å²) >= 11 is 11.2. The smallest absolute Gasteiger partial charge is 0.252 e. The first-order valence-corrected chi connectivity index (χ1v) is 9.67. The van der Waals surface area contributed by atoms with Crippen LogP contribution in [0.3, 0.4) is 0 Å². The highest BCUT2D eigenvalue weighted by atomic mass is 35.5. The molecule has 0 radical (unpaired) electrons. The Morgan fingerprint density at radius 2 is 1.83 bits per heavy atom. The lowest BCUT2D eigenvalue weighted by Crippen LogP contribution is -2.03. The van der Waals surface area contributed by atoms with E-state index in [1.165, 1.54) is 12.1 Å². The number of ether oxygens (including phenoxy) is 2. The summed E-state index contributed by atoms with van der Waals surface area (Å²) < 4.78 is 27.0. The van der Waals surface area contributed by atoms with Crippen LogP contribution in [0.1, 0.15) is 16.2 Å². The number of carbonyl (C=O) groups is 1. The fourth-order valence-electron chi connectivity index (χ4n) is 2.94. The Bertz CT molecular complexity index is 1260. The average molecular weight is 445 g/mol. The number of carbonyl (C=O) groups excluding carboxylic acids is 1. The van der Waals surface area contributed by atoms with E-state index < -0.39 is 11.1 Å². The third-order valence-electron chi connectivity index (χ3n) is 4.50. The fourth-order valence-corrected chi connectivity index (χ4v) is 3.18. The maximum atomic E-state index is 13.6. The first kappa shape index (κ1) is 20.2. The first-order chi connectivity index (χ1) is 14.4. The van der Waals surface area contributed by atoms with Crippen LogP contribution in [-0.4, -0.2) is 14.8 Å². The molecule has 1 aromatic heterocycles. The zero-order valence-corrected chi connectivity index (χ0v) is 17.2. The Balaban J connectivity index is 1.54. The molecule has 0 spiro atoms. The second kappa shape index (κ2) is 8.34. The highest BCUT2D eigenvalue weighted by Crippen LogP contribution is 2.28. The summed E-state index contributed by atoms with van der Waals surface area (Å²) in [6, 6.07) is 16.3. The number of rotatable bonds is 6. The second-order valence-electron chi connectivity index (χ2n) is 6.51. The Morgan fingerprint density at radius 3 is 2.60 bits per heavy atom. The van der Waals surface area contributed by atoms with E-state index in [-0.39, 0.29) is 11.6 Å². The molecule has 30 heavy (non-hydrogen) atoms. The van der Waals surface area contributed by atoms with Gasteiger partial charge in [0.15, 0.2) is 0 Å². The summed E-state index contributed by atoms with van der Waals surface area (Å²) in [5.74, 6) is 1.53. The third-order valence-corrected chi connectivity index (χ3v) is 5.03. The van der Waals surface area contributed by atoms with Gasteiger partial charge < -0.3 is 14.0 Å². The molecule has 4 aromatic rings. The number of halogens is 3. The molecule has 5 nitrogen and oxygen atoms in total. The van der Waals surface area contributed by atoms with Crippen LogP contribution in [0.5, 0.6) is 17.2 Å². The third kappa shape index (κ3) is 4.25. The standard InChI is InChI=1S/C22H15Cl2FN2O3/c1-27-20-11-16(30-15-5-7-17(23)18(25)10-15)6-8-19(20)26-21(27)12-29-14-4-2-3-13(9-14)22(24)28/h2-11H,12H2,1H3. The van der Waals surface area contributed by atoms with Crippen LogP contribution in [0, 0.1) is 5.82 Å². The first-order valence-electron chi connectivity index (χ1n) is 8.91. The van der Waals surface area contributed by atoms with E-state index >= 15 is 0 Å². The molecule has 0 saturated carbocycles. The van der Waals surface area contributed by atoms with Gasteiger partial charge in [0.2, 0.25) is 0 Å². The lowest BCUT2D eigenvalue weighted by molar-refractivity contribution is 0.108. The molecule has 0 aliphatic heterocycles. The predicted molar refractivity (Wildman–Crippen MR) is 113 cm³/mol. The van der Waals surface area contributed by atoms with Gasteiger partial charge in [-0.3, -0.25) is 4.79 Å². The summed E-state index contributed by atoms with van der Waals surface area (Å²) in [7, 11) is 1.86. The number of fused-ring (bicyclic) bond motifs is 1. The minimum Gasteiger partial charge on any atom is -0.486 e. The number of nitrogens with zero attached hydrogens (tertiary/aromatic N) is 2. The van der Waals surface area contributed by atoms with Gasteiger partial charge in [0, 0.05) is 24.7 Å². The molecule has 0 fully saturated rings. The van der Waals surface area contributed by atoms with Gasteiger partial charge in [0.25, 0.3) is 5.24 Å². The van der Waals surface area contributed by atoms with Crippen molar-refractivity contribution in [2.45, 2.75) is 6.61 Å². The summed E-state index contributed by atoms with van der Waals surface area (Å²) in [4.78, 5) is 15.9. The van der Waals surface area contributed by atoms with Gasteiger partial charge in [-0.2, -0.15) is 0 Å². The van der Waals surface area contributed by atoms with Gasteiger partial charge in [0.1, 0.15) is 35.5 Å². The van der Waals surface area contributed by atoms with Crippen LogP contribution < -0.4 is 9.47 Å². The van der Waals surface area contributed by atoms with Gasteiger partial charge in [-0.1, -0.05) is 17.7 Å². The molecule has 8 heteroatoms. The van der Waals surface area contributed by atoms with Crippen molar-refractivity contribution in [1.29, 1.82) is 0 Å². The molecule has 4 rings (SSSR count). The van der Waals surface area contributed by atoms with E-state index in [0.717, 1.165) is 11.0 Å². The number of aryl methyl sites for hydroxylation is 1. The summed E-state index contributed by atoms with van der Waals surface area (Å²) in [6.07, 6.45) is 0. The summed E-state index contributed by atoms with van der Waals surface area (Å²) in [5, 5.41) is -0.508. The summed E-state index contributed by atoms with van der Waals surface area (Å²) in [6.45, 7) is 0.198. The SMILES string of the molecule is Cn1c(COc2cccc(C(=O)Cl)c2)nc2ccc(Oc3ccc(Cl)c(F)c3)cc21. The molecular weight excluding hydrogens is 430 g/mol. The molecule has 152 valence electrons. The van der Waals surface area contributed by atoms with Crippen LogP contribution in [0.4, 0.5) is 4.39 Å². The average Bonchev–Trinajstić information content (AvgIpc) is 3.05. The molecule has 0 atom stereocenters. The molecule has 0 aliphatic rings. The van der Waals surface area contributed by atoms with Gasteiger partial charge in [-0.15, -0.1) is 0 Å². The van der Waals surface area contributed by atoms with Crippen molar-refractivity contribution < 1.29 is 18.7 Å². The van der Waals surface area contributed by atoms with E-state index in [2.05, 4.69) is 4.98 Å². The number of hydrogen-bond acceptors (Lipinski definition) is 4. The monoisotopic (exact) mass is 444 g/mol. The van der Waals surface area contributed by atoms with Crippen LogP contribution in [0.2, 0.25) is 5.02 Å². The van der Waals surface area contributed by atoms with Crippen molar-refractivity contribution in [2.24, 2.45) is 7.05 Å². The van der Waals surface area contributed by atoms with E-state index in [1.807, 2.05) is 23.7 Å². The Labute approximate surface area is 181 Å². The number of hydrogen-bond donors (Lipinski definition) is 0. The van der Waals surface area contributed by atoms with Crippen LogP contribution >= 0.6 is 23.2 Å². The van der Waals surface area contributed by atoms with Crippen LogP contribution in [-0.2, 0) is 13.7 Å². The molecule has 0 saturated heterocycles. The molecule has 0 amide bonds. The van der Waals surface area contributed by atoms with Crippen molar-refractivity contribution in [2.75, 3.05) is 0 Å². The Morgan fingerprint density at radius 1 is 1.07 bits per heavy atom. The van der Waals surface area contributed by atoms with Crippen molar-refractivity contribution in [1.82, 2.24) is 9.55 Å². The maximum Gasteiger partial charge on any atom is 0.252 e. The van der Waals surface area contributed by atoms with Crippen LogP contribution in [0.25, 0.3) is 11.0 Å². The van der Waals surface area contributed by atoms with Crippen LogP contribution in [0.15, 0.2) is 60.7 Å². The quantitative estimate of drug-likeness (QED) is 0.336. The molecule has 0 unspecified atom stereocenters. The van der Waals surface area contributed by atoms with Crippen molar-refractivity contribution in [3.63, 3.8) is 0 Å². The van der Waals surface area contributed by atoms with Gasteiger partial charge >= 0.3 is 0 Å². The largest absolute Gasteiger partial charge is 0.486 e. The highest BCUT2D eigenvalue weighted by molar-refractivity contribution is 6.67. The lowest BCUT2D eigenvalue weighted by Gasteiger charge is -2.08. The van der Waals surface area contributed by atoms with E-state index in [4.69, 9.17) is 32.7 Å². The normalized spacial score (nSPS) is 10.9. The highest BCUT2D eigenvalue weighted by Gasteiger charge is 2.11. The molecule has 3 aromatic carbocycles. The lowest BCUT2D eigenvalue weighted by atomic mass is 10.2. The molecule has 0 bridgehead atoms. The predicted octanol–water partition coefficient (Wildman–Crippen LogP) is 6.12. The van der Waals surface area contributed by atoms with E-state index in [0.29, 0.717) is 28.6 Å². The van der Waals surface area contributed by atoms with Gasteiger partial charge in [0.05, 0.1) is 16.1 Å². The van der Waals surface area contributed by atoms with Gasteiger partial charge in [-0.05, 0) is 54.1 Å².